The summed E-state index contributed by atoms with van der Waals surface area (Å²) in [6, 6.07) is 61.9. The van der Waals surface area contributed by atoms with Gasteiger partial charge in [-0.3, -0.25) is 9.55 Å². The highest BCUT2D eigenvalue weighted by Crippen LogP contribution is 2.42. The molecule has 7 aromatic carbocycles. The fraction of sp³-hybridized carbons (Fsp3) is 0. The molecule has 0 aliphatic rings. The van der Waals surface area contributed by atoms with Gasteiger partial charge < -0.3 is 8.98 Å². The molecule has 0 fully saturated rings. The first-order valence-corrected chi connectivity index (χ1v) is 19.5. The molecule has 0 spiro atoms. The molecule has 0 N–H and O–H groups in total. The summed E-state index contributed by atoms with van der Waals surface area (Å²) in [5.74, 6) is 2.33. The van der Waals surface area contributed by atoms with Crippen molar-refractivity contribution >= 4 is 54.7 Å². The maximum absolute atomic E-state index is 6.39. The van der Waals surface area contributed by atoms with Crippen LogP contribution in [0.15, 0.2) is 193 Å². The lowest BCUT2D eigenvalue weighted by molar-refractivity contribution is 0.620. The van der Waals surface area contributed by atoms with Gasteiger partial charge in [0.05, 0.1) is 39.6 Å². The zero-order valence-corrected chi connectivity index (χ0v) is 31.4. The second kappa shape index (κ2) is 13.2. The maximum atomic E-state index is 6.39. The summed E-state index contributed by atoms with van der Waals surface area (Å²) in [6.07, 6.45) is 1.95. The molecule has 0 amide bonds. The minimum Gasteiger partial charge on any atom is -0.435 e. The third-order valence-corrected chi connectivity index (χ3v) is 11.1. The maximum Gasteiger partial charge on any atom is 0.238 e. The third-order valence-electron chi connectivity index (χ3n) is 11.1. The summed E-state index contributed by atoms with van der Waals surface area (Å²) in [5, 5.41) is 4.45. The largest absolute Gasteiger partial charge is 0.435 e. The van der Waals surface area contributed by atoms with E-state index in [1.54, 1.807) is 0 Å². The van der Waals surface area contributed by atoms with Gasteiger partial charge in [-0.25, -0.2) is 9.97 Å². The monoisotopic (exact) mass is 757 g/mol. The summed E-state index contributed by atoms with van der Waals surface area (Å²) < 4.78 is 10.9. The number of hydrogen-bond acceptors (Lipinski definition) is 6. The first-order valence-electron chi connectivity index (χ1n) is 19.5. The molecule has 0 aliphatic carbocycles. The van der Waals surface area contributed by atoms with E-state index in [1.807, 2.05) is 115 Å². The van der Waals surface area contributed by atoms with Crippen LogP contribution in [0, 0.1) is 0 Å². The summed E-state index contributed by atoms with van der Waals surface area (Å²) in [7, 11) is 0. The van der Waals surface area contributed by atoms with E-state index < -0.39 is 0 Å². The average molecular weight is 758 g/mol. The quantitative estimate of drug-likeness (QED) is 0.168. The molecule has 0 unspecified atom stereocenters. The van der Waals surface area contributed by atoms with Crippen molar-refractivity contribution in [1.82, 2.24) is 34.1 Å². The van der Waals surface area contributed by atoms with Gasteiger partial charge in [0.2, 0.25) is 11.8 Å². The van der Waals surface area contributed by atoms with E-state index in [1.165, 1.54) is 0 Å². The third kappa shape index (κ3) is 5.27. The van der Waals surface area contributed by atoms with Crippen LogP contribution in [0.1, 0.15) is 0 Å². The van der Waals surface area contributed by atoms with Crippen LogP contribution in [0.2, 0.25) is 0 Å². The van der Waals surface area contributed by atoms with Gasteiger partial charge in [-0.1, -0.05) is 133 Å². The fourth-order valence-electron chi connectivity index (χ4n) is 8.41. The van der Waals surface area contributed by atoms with Gasteiger partial charge in [-0.15, -0.1) is 0 Å². The smallest absolute Gasteiger partial charge is 0.238 e. The van der Waals surface area contributed by atoms with Crippen molar-refractivity contribution in [3.05, 3.63) is 188 Å². The normalized spacial score (nSPS) is 11.7. The number of benzene rings is 7. The van der Waals surface area contributed by atoms with Crippen LogP contribution in [0.25, 0.3) is 112 Å². The highest BCUT2D eigenvalue weighted by Gasteiger charge is 2.24. The van der Waals surface area contributed by atoms with Crippen molar-refractivity contribution in [2.75, 3.05) is 0 Å². The predicted octanol–water partition coefficient (Wildman–Crippen LogP) is 12.3. The molecule has 0 aliphatic heterocycles. The van der Waals surface area contributed by atoms with Crippen molar-refractivity contribution in [3.63, 3.8) is 0 Å². The minimum absolute atomic E-state index is 0.539. The Morgan fingerprint density at radius 3 is 1.58 bits per heavy atom. The Bertz CT molecular complexity index is 3480. The number of aromatic nitrogens is 7. The Labute approximate surface area is 337 Å². The average Bonchev–Trinajstić information content (AvgIpc) is 4.01. The number of para-hydroxylation sites is 3. The minimum atomic E-state index is 0.539. The van der Waals surface area contributed by atoms with Gasteiger partial charge in [-0.2, -0.15) is 9.97 Å². The number of nitrogens with zero attached hydrogens (tertiary/aromatic N) is 7. The molecule has 0 saturated carbocycles. The number of pyridine rings is 1. The highest BCUT2D eigenvalue weighted by atomic mass is 16.3. The molecular formula is C51H31N7O. The molecule has 12 aromatic rings. The van der Waals surface area contributed by atoms with Gasteiger partial charge in [0.1, 0.15) is 5.52 Å². The lowest BCUT2D eigenvalue weighted by Crippen LogP contribution is -2.07. The van der Waals surface area contributed by atoms with Crippen LogP contribution in [0.4, 0.5) is 0 Å². The van der Waals surface area contributed by atoms with Crippen LogP contribution < -0.4 is 0 Å². The summed E-state index contributed by atoms with van der Waals surface area (Å²) in [5.41, 5.74) is 10.9. The van der Waals surface area contributed by atoms with E-state index in [0.29, 0.717) is 29.1 Å². The standard InChI is InChI=1S/C51H31N7O/c1-4-15-32(16-5-1)48-54-49(33-17-6-2-7-18-33)56-51(55-48)58-44-26-13-11-22-37(44)39-29-28-38-36-21-10-12-25-43(36)57(45(38)46(39)58)35-27-30-41(52-31-35)40-23-14-24-42-47(40)59-50(53-42)34-19-8-3-9-20-34/h1-31H. The summed E-state index contributed by atoms with van der Waals surface area (Å²) in [4.78, 5) is 25.4. The van der Waals surface area contributed by atoms with E-state index in [0.717, 1.165) is 82.8 Å². The predicted molar refractivity (Wildman–Crippen MR) is 236 cm³/mol. The highest BCUT2D eigenvalue weighted by molar-refractivity contribution is 6.23. The molecule has 0 radical (unpaired) electrons. The Morgan fingerprint density at radius 2 is 0.966 bits per heavy atom. The molecule has 0 bridgehead atoms. The van der Waals surface area contributed by atoms with Crippen LogP contribution in [-0.4, -0.2) is 34.1 Å². The first-order chi connectivity index (χ1) is 29.3. The van der Waals surface area contributed by atoms with Gasteiger partial charge in [0.15, 0.2) is 17.2 Å². The molecule has 8 heteroatoms. The molecular weight excluding hydrogens is 727 g/mol. The van der Waals surface area contributed by atoms with Crippen LogP contribution in [0.3, 0.4) is 0 Å². The SMILES string of the molecule is c1ccc(-c2nc(-c3ccccc3)nc(-n3c4ccccc4c4ccc5c6ccccc6n(-c6ccc(-c7cccc8nc(-c9ccccc9)oc78)nc6)c5c43)n2)cc1. The molecule has 276 valence electrons. The Morgan fingerprint density at radius 1 is 0.407 bits per heavy atom. The lowest BCUT2D eigenvalue weighted by atomic mass is 10.1. The van der Waals surface area contributed by atoms with Gasteiger partial charge >= 0.3 is 0 Å². The number of fused-ring (bicyclic) bond motifs is 8. The Balaban J connectivity index is 1.11. The van der Waals surface area contributed by atoms with E-state index in [-0.39, 0.29) is 0 Å². The molecule has 12 rings (SSSR count). The van der Waals surface area contributed by atoms with Crippen molar-refractivity contribution in [3.8, 4) is 57.1 Å². The van der Waals surface area contributed by atoms with E-state index >= 15 is 0 Å². The van der Waals surface area contributed by atoms with E-state index in [9.17, 15) is 0 Å². The Kier molecular flexibility index (Phi) is 7.36. The topological polar surface area (TPSA) is 87.5 Å². The molecule has 5 aromatic heterocycles. The van der Waals surface area contributed by atoms with Crippen LogP contribution >= 0.6 is 0 Å². The molecule has 59 heavy (non-hydrogen) atoms. The van der Waals surface area contributed by atoms with Crippen LogP contribution in [-0.2, 0) is 0 Å². The zero-order chi connectivity index (χ0) is 38.9. The van der Waals surface area contributed by atoms with Gasteiger partial charge in [-0.05, 0) is 48.5 Å². The van der Waals surface area contributed by atoms with Crippen LogP contribution in [0.5, 0.6) is 0 Å². The summed E-state index contributed by atoms with van der Waals surface area (Å²) >= 11 is 0. The van der Waals surface area contributed by atoms with E-state index in [2.05, 4.69) is 81.9 Å². The van der Waals surface area contributed by atoms with Crippen molar-refractivity contribution in [2.24, 2.45) is 0 Å². The van der Waals surface area contributed by atoms with Crippen molar-refractivity contribution < 1.29 is 4.42 Å². The number of oxazole rings is 1. The second-order valence-corrected chi connectivity index (χ2v) is 14.5. The zero-order valence-electron chi connectivity index (χ0n) is 31.4. The van der Waals surface area contributed by atoms with Gasteiger partial charge in [0.25, 0.3) is 0 Å². The molecule has 0 saturated heterocycles. The Hall–Kier alpha value is -8.23. The van der Waals surface area contributed by atoms with Crippen molar-refractivity contribution in [1.29, 1.82) is 0 Å². The number of hydrogen-bond donors (Lipinski definition) is 0. The van der Waals surface area contributed by atoms with E-state index in [4.69, 9.17) is 29.3 Å². The molecule has 8 nitrogen and oxygen atoms in total. The second-order valence-electron chi connectivity index (χ2n) is 14.5. The first kappa shape index (κ1) is 33.0. The van der Waals surface area contributed by atoms with Gasteiger partial charge in [0, 0.05) is 43.8 Å². The fourth-order valence-corrected chi connectivity index (χ4v) is 8.41. The molecule has 5 heterocycles. The van der Waals surface area contributed by atoms with Crippen molar-refractivity contribution in [2.45, 2.75) is 0 Å². The summed E-state index contributed by atoms with van der Waals surface area (Å²) in [6.45, 7) is 0. The molecule has 0 atom stereocenters. The number of rotatable bonds is 6. The lowest BCUT2D eigenvalue weighted by Gasteiger charge is -2.13.